The highest BCUT2D eigenvalue weighted by molar-refractivity contribution is 5.99. The molecule has 0 spiro atoms. The third-order valence-corrected chi connectivity index (χ3v) is 3.35. The van der Waals surface area contributed by atoms with Crippen molar-refractivity contribution in [3.8, 4) is 11.5 Å². The summed E-state index contributed by atoms with van der Waals surface area (Å²) >= 11 is 0. The van der Waals surface area contributed by atoms with E-state index in [-0.39, 0.29) is 55.3 Å². The Labute approximate surface area is 140 Å². The van der Waals surface area contributed by atoms with E-state index in [0.29, 0.717) is 10.9 Å². The fraction of sp³-hybridized carbons (Fsp3) is 0.158. The number of carbonyl (C=O) groups is 1. The Morgan fingerprint density at radius 2 is 1.75 bits per heavy atom. The number of hydrogen-bond donors (Lipinski definition) is 3. The molecule has 1 aromatic heterocycles. The second-order valence-corrected chi connectivity index (χ2v) is 4.95. The van der Waals surface area contributed by atoms with Crippen LogP contribution >= 0.6 is 0 Å². The van der Waals surface area contributed by atoms with Gasteiger partial charge in [-0.05, 0) is 29.8 Å². The van der Waals surface area contributed by atoms with Crippen LogP contribution in [0.3, 0.4) is 0 Å². The van der Waals surface area contributed by atoms with Crippen molar-refractivity contribution in [1.82, 2.24) is 0 Å². The van der Waals surface area contributed by atoms with E-state index in [2.05, 4.69) is 0 Å². The Bertz CT molecular complexity index is 928. The van der Waals surface area contributed by atoms with Gasteiger partial charge in [-0.2, -0.15) is 0 Å². The van der Waals surface area contributed by atoms with Crippen molar-refractivity contribution in [3.63, 3.8) is 0 Å². The fourth-order valence-corrected chi connectivity index (χ4v) is 2.30. The molecule has 3 aromatic rings. The van der Waals surface area contributed by atoms with E-state index < -0.39 is 0 Å². The fourth-order valence-electron chi connectivity index (χ4n) is 2.30. The molecule has 126 valence electrons. The Morgan fingerprint density at radius 3 is 2.46 bits per heavy atom. The van der Waals surface area contributed by atoms with Crippen molar-refractivity contribution >= 4 is 16.8 Å². The number of rotatable bonds is 3. The van der Waals surface area contributed by atoms with Gasteiger partial charge in [-0.3, -0.25) is 10.2 Å². The highest BCUT2D eigenvalue weighted by Gasteiger charge is 2.14. The third kappa shape index (κ3) is 3.63. The monoisotopic (exact) mass is 327 g/mol. The molecule has 0 aliphatic heterocycles. The lowest BCUT2D eigenvalue weighted by Gasteiger charge is -2.05. The van der Waals surface area contributed by atoms with E-state index in [9.17, 15) is 15.0 Å². The van der Waals surface area contributed by atoms with Crippen LogP contribution in [0.1, 0.15) is 30.8 Å². The zero-order chi connectivity index (χ0) is 15.7. The number of ketones is 1. The van der Waals surface area contributed by atoms with Gasteiger partial charge in [-0.25, -0.2) is 0 Å². The first-order valence-electron chi connectivity index (χ1n) is 6.66. The average molecular weight is 327 g/mol. The average Bonchev–Trinajstić information content (AvgIpc) is 2.47. The van der Waals surface area contributed by atoms with Gasteiger partial charge in [0.1, 0.15) is 5.75 Å². The van der Waals surface area contributed by atoms with Crippen LogP contribution in [-0.4, -0.2) is 16.0 Å². The normalized spacial score (nSPS) is 9.83. The summed E-state index contributed by atoms with van der Waals surface area (Å²) in [5.74, 6) is -0.271. The summed E-state index contributed by atoms with van der Waals surface area (Å²) in [7, 11) is 0. The second-order valence-electron chi connectivity index (χ2n) is 4.95. The summed E-state index contributed by atoms with van der Waals surface area (Å²) in [5.41, 5.74) is 0.683. The minimum absolute atomic E-state index is 0. The van der Waals surface area contributed by atoms with Gasteiger partial charge in [-0.1, -0.05) is 39.1 Å². The number of fused-ring (bicyclic) bond motifs is 1. The van der Waals surface area contributed by atoms with Crippen LogP contribution in [0.4, 0.5) is 0 Å². The summed E-state index contributed by atoms with van der Waals surface area (Å²) in [5, 5.41) is 27.5. The third-order valence-electron chi connectivity index (χ3n) is 3.35. The molecular formula is C19H21NO4. The van der Waals surface area contributed by atoms with E-state index in [1.807, 2.05) is 0 Å². The summed E-state index contributed by atoms with van der Waals surface area (Å²) in [6.07, 6.45) is 0.0557. The van der Waals surface area contributed by atoms with Gasteiger partial charge in [0.15, 0.2) is 17.1 Å². The summed E-state index contributed by atoms with van der Waals surface area (Å²) in [6, 6.07) is 12.7. The van der Waals surface area contributed by atoms with Crippen molar-refractivity contribution in [3.05, 3.63) is 65.2 Å². The molecular weight excluding hydrogens is 306 g/mol. The molecule has 0 aliphatic rings. The lowest BCUT2D eigenvalue weighted by molar-refractivity contribution is 0.0989. The standard InChI is InChI=1S/C17H13NO4.2CH4/c18-17-13(9-11-4-2-6-14(20)16(11)22-17)15(21)8-10-3-1-5-12(19)7-10;;/h1-7,9,18-20H,8H2;2*1H4. The number of phenols is 2. The minimum atomic E-state index is -0.292. The smallest absolute Gasteiger partial charge is 0.223 e. The molecule has 5 heteroatoms. The molecule has 0 radical (unpaired) electrons. The van der Waals surface area contributed by atoms with E-state index in [1.165, 1.54) is 24.3 Å². The minimum Gasteiger partial charge on any atom is -0.508 e. The van der Waals surface area contributed by atoms with Crippen LogP contribution in [0.2, 0.25) is 0 Å². The topological polar surface area (TPSA) is 94.5 Å². The number of benzene rings is 2. The number of para-hydroxylation sites is 1. The van der Waals surface area contributed by atoms with Gasteiger partial charge in [0.2, 0.25) is 5.55 Å². The molecule has 3 N–H and O–H groups in total. The predicted molar refractivity (Wildman–Crippen MR) is 93.3 cm³/mol. The molecule has 0 fully saturated rings. The van der Waals surface area contributed by atoms with Crippen molar-refractivity contribution in [2.45, 2.75) is 21.3 Å². The number of carbonyl (C=O) groups excluding carboxylic acids is 1. The summed E-state index contributed by atoms with van der Waals surface area (Å²) in [4.78, 5) is 12.4. The van der Waals surface area contributed by atoms with Crippen LogP contribution in [0.5, 0.6) is 11.5 Å². The summed E-state index contributed by atoms with van der Waals surface area (Å²) in [6.45, 7) is 0. The molecule has 5 nitrogen and oxygen atoms in total. The van der Waals surface area contributed by atoms with E-state index in [0.717, 1.165) is 0 Å². The lowest BCUT2D eigenvalue weighted by Crippen LogP contribution is -2.16. The first-order chi connectivity index (χ1) is 10.5. The molecule has 0 unspecified atom stereocenters. The molecule has 2 aromatic carbocycles. The van der Waals surface area contributed by atoms with Gasteiger partial charge in [-0.15, -0.1) is 0 Å². The molecule has 24 heavy (non-hydrogen) atoms. The quantitative estimate of drug-likeness (QED) is 0.633. The predicted octanol–water partition coefficient (Wildman–Crippen LogP) is 4.02. The number of Topliss-reactive ketones (excluding diaryl/α,β-unsaturated/α-hetero) is 1. The zero-order valence-electron chi connectivity index (χ0n) is 11.5. The maximum atomic E-state index is 12.4. The van der Waals surface area contributed by atoms with Crippen LogP contribution in [0.15, 0.2) is 52.9 Å². The molecule has 3 rings (SSSR count). The van der Waals surface area contributed by atoms with Crippen molar-refractivity contribution in [2.75, 3.05) is 0 Å². The second kappa shape index (κ2) is 7.46. The van der Waals surface area contributed by atoms with Crippen LogP contribution in [0.25, 0.3) is 11.0 Å². The Balaban J connectivity index is 0.00000144. The Hall–Kier alpha value is -3.08. The maximum Gasteiger partial charge on any atom is 0.223 e. The Kier molecular flexibility index (Phi) is 5.89. The molecule has 1 heterocycles. The van der Waals surface area contributed by atoms with Crippen LogP contribution in [-0.2, 0) is 6.42 Å². The van der Waals surface area contributed by atoms with Crippen molar-refractivity contribution in [2.24, 2.45) is 0 Å². The van der Waals surface area contributed by atoms with E-state index in [4.69, 9.17) is 9.83 Å². The van der Waals surface area contributed by atoms with Crippen LogP contribution in [0, 0.1) is 5.41 Å². The highest BCUT2D eigenvalue weighted by Crippen LogP contribution is 2.23. The van der Waals surface area contributed by atoms with Gasteiger partial charge >= 0.3 is 0 Å². The van der Waals surface area contributed by atoms with Gasteiger partial charge < -0.3 is 14.6 Å². The zero-order valence-corrected chi connectivity index (χ0v) is 11.5. The van der Waals surface area contributed by atoms with Crippen LogP contribution < -0.4 is 5.55 Å². The molecule has 0 aliphatic carbocycles. The molecule has 0 amide bonds. The molecule has 0 saturated carbocycles. The first kappa shape index (κ1) is 19.0. The van der Waals surface area contributed by atoms with Gasteiger partial charge in [0.05, 0.1) is 5.56 Å². The van der Waals surface area contributed by atoms with Gasteiger partial charge in [0.25, 0.3) is 0 Å². The molecule has 0 saturated heterocycles. The van der Waals surface area contributed by atoms with Crippen molar-refractivity contribution < 1.29 is 19.4 Å². The number of nitrogens with one attached hydrogen (secondary N) is 1. The molecule has 0 atom stereocenters. The molecule has 0 bridgehead atoms. The maximum absolute atomic E-state index is 12.4. The lowest BCUT2D eigenvalue weighted by atomic mass is 10.0. The number of aromatic hydroxyl groups is 2. The number of hydrogen-bond acceptors (Lipinski definition) is 5. The number of phenolic OH excluding ortho intramolecular Hbond substituents is 2. The van der Waals surface area contributed by atoms with E-state index in [1.54, 1.807) is 24.3 Å². The Morgan fingerprint density at radius 1 is 1.04 bits per heavy atom. The highest BCUT2D eigenvalue weighted by atomic mass is 16.4. The van der Waals surface area contributed by atoms with Crippen molar-refractivity contribution in [1.29, 1.82) is 5.41 Å². The SMILES string of the molecule is C.C.N=c1oc2c(O)cccc2cc1C(=O)Cc1cccc(O)c1. The summed E-state index contributed by atoms with van der Waals surface area (Å²) < 4.78 is 5.25. The van der Waals surface area contributed by atoms with E-state index >= 15 is 0 Å². The van der Waals surface area contributed by atoms with Gasteiger partial charge in [0, 0.05) is 11.8 Å². The first-order valence-corrected chi connectivity index (χ1v) is 6.66. The largest absolute Gasteiger partial charge is 0.508 e.